The zero-order chi connectivity index (χ0) is 24.5. The zero-order valence-electron chi connectivity index (χ0n) is 22.1. The van der Waals surface area contributed by atoms with Gasteiger partial charge in [0, 0.05) is 11.5 Å². The van der Waals surface area contributed by atoms with E-state index in [0.29, 0.717) is 18.1 Å². The second kappa shape index (κ2) is 12.6. The second-order valence-electron chi connectivity index (χ2n) is 10.6. The fraction of sp³-hybridized carbons (Fsp3) is 0.607. The third-order valence-corrected chi connectivity index (χ3v) is 11.0. The Labute approximate surface area is 198 Å². The fourth-order valence-electron chi connectivity index (χ4n) is 3.57. The van der Waals surface area contributed by atoms with Crippen molar-refractivity contribution >= 4 is 14.3 Å². The number of rotatable bonds is 11. The molecule has 0 spiro atoms. The molecular weight excluding hydrogens is 412 g/mol. The summed E-state index contributed by atoms with van der Waals surface area (Å²) < 4.78 is 12.1. The van der Waals surface area contributed by atoms with Crippen LogP contribution in [-0.2, 0) is 20.4 Å². The molecule has 180 valence electrons. The van der Waals surface area contributed by atoms with Crippen LogP contribution in [0.5, 0.6) is 0 Å². The van der Waals surface area contributed by atoms with Gasteiger partial charge in [0.15, 0.2) is 8.32 Å². The largest absolute Gasteiger partial charge is 0.463 e. The Morgan fingerprint density at radius 1 is 1.06 bits per heavy atom. The molecule has 0 fully saturated rings. The standard InChI is InChI=1S/C28H46O3Si/c1-11-30-27(29)24(5)20-23(4)26(31-32(9,10)28(6,7)8)22(3)19-21(2)17-18-25-15-13-12-14-16-25/h12-16,19-21,23,26H,11,17-18H2,1-10H3/b22-19+,24-20+/t21-,23+,26-/m0/s1. The molecule has 0 saturated carbocycles. The van der Waals surface area contributed by atoms with Gasteiger partial charge in [0.05, 0.1) is 12.7 Å². The molecule has 0 bridgehead atoms. The van der Waals surface area contributed by atoms with E-state index in [-0.39, 0.29) is 23.0 Å². The summed E-state index contributed by atoms with van der Waals surface area (Å²) >= 11 is 0. The Morgan fingerprint density at radius 3 is 2.19 bits per heavy atom. The van der Waals surface area contributed by atoms with E-state index >= 15 is 0 Å². The number of carbonyl (C=O) groups excluding carboxylic acids is 1. The molecule has 0 heterocycles. The van der Waals surface area contributed by atoms with Gasteiger partial charge in [0.2, 0.25) is 0 Å². The van der Waals surface area contributed by atoms with Gasteiger partial charge in [-0.15, -0.1) is 0 Å². The van der Waals surface area contributed by atoms with E-state index in [2.05, 4.69) is 91.0 Å². The van der Waals surface area contributed by atoms with Crippen LogP contribution in [0.25, 0.3) is 0 Å². The van der Waals surface area contributed by atoms with Crippen LogP contribution in [0.15, 0.2) is 53.6 Å². The number of carbonyl (C=O) groups is 1. The Bertz CT molecular complexity index is 772. The highest BCUT2D eigenvalue weighted by Gasteiger charge is 2.40. The van der Waals surface area contributed by atoms with Crippen molar-refractivity contribution in [2.24, 2.45) is 11.8 Å². The quantitative estimate of drug-likeness (QED) is 0.147. The fourth-order valence-corrected chi connectivity index (χ4v) is 4.96. The van der Waals surface area contributed by atoms with Crippen molar-refractivity contribution in [1.29, 1.82) is 0 Å². The first-order valence-electron chi connectivity index (χ1n) is 12.0. The van der Waals surface area contributed by atoms with Crippen LogP contribution in [0, 0.1) is 11.8 Å². The summed E-state index contributed by atoms with van der Waals surface area (Å²) in [4.78, 5) is 12.2. The Balaban J connectivity index is 3.10. The van der Waals surface area contributed by atoms with Crippen LogP contribution in [-0.4, -0.2) is 27.0 Å². The van der Waals surface area contributed by atoms with Crippen molar-refractivity contribution in [2.75, 3.05) is 6.61 Å². The SMILES string of the molecule is CCOC(=O)/C(C)=C/[C@@H](C)[C@@H](O[Si](C)(C)C(C)(C)C)/C(C)=C/[C@@H](C)CCc1ccccc1. The highest BCUT2D eigenvalue weighted by molar-refractivity contribution is 6.74. The Kier molecular flexibility index (Phi) is 11.1. The highest BCUT2D eigenvalue weighted by atomic mass is 28.4. The molecule has 0 unspecified atom stereocenters. The average Bonchev–Trinajstić information content (AvgIpc) is 2.70. The smallest absolute Gasteiger partial charge is 0.333 e. The average molecular weight is 459 g/mol. The van der Waals surface area contributed by atoms with Crippen molar-refractivity contribution in [3.05, 3.63) is 59.2 Å². The van der Waals surface area contributed by atoms with Gasteiger partial charge in [-0.3, -0.25) is 0 Å². The maximum Gasteiger partial charge on any atom is 0.333 e. The molecule has 0 aliphatic heterocycles. The molecule has 4 heteroatoms. The third-order valence-electron chi connectivity index (χ3n) is 6.54. The molecule has 0 saturated heterocycles. The Hall–Kier alpha value is -1.65. The number of aryl methyl sites for hydroxylation is 1. The molecular formula is C28H46O3Si. The van der Waals surface area contributed by atoms with Gasteiger partial charge < -0.3 is 9.16 Å². The molecule has 0 aliphatic carbocycles. The first kappa shape index (κ1) is 28.4. The minimum atomic E-state index is -2.00. The van der Waals surface area contributed by atoms with E-state index in [1.807, 2.05) is 19.9 Å². The summed E-state index contributed by atoms with van der Waals surface area (Å²) in [6, 6.07) is 10.6. The lowest BCUT2D eigenvalue weighted by Crippen LogP contribution is -2.45. The number of ether oxygens (including phenoxy) is 1. The lowest BCUT2D eigenvalue weighted by Gasteiger charge is -2.41. The topological polar surface area (TPSA) is 35.5 Å². The van der Waals surface area contributed by atoms with E-state index in [0.717, 1.165) is 12.8 Å². The highest BCUT2D eigenvalue weighted by Crippen LogP contribution is 2.39. The van der Waals surface area contributed by atoms with Crippen LogP contribution in [0.4, 0.5) is 0 Å². The lowest BCUT2D eigenvalue weighted by atomic mass is 9.92. The normalized spacial score (nSPS) is 16.4. The molecule has 3 atom stereocenters. The van der Waals surface area contributed by atoms with Crippen molar-refractivity contribution in [2.45, 2.75) is 92.5 Å². The molecule has 32 heavy (non-hydrogen) atoms. The molecule has 0 N–H and O–H groups in total. The van der Waals surface area contributed by atoms with E-state index in [4.69, 9.17) is 9.16 Å². The monoisotopic (exact) mass is 458 g/mol. The molecule has 0 amide bonds. The minimum absolute atomic E-state index is 0.0561. The van der Waals surface area contributed by atoms with Gasteiger partial charge in [-0.2, -0.15) is 0 Å². The molecule has 1 aromatic carbocycles. The van der Waals surface area contributed by atoms with E-state index in [1.165, 1.54) is 11.1 Å². The lowest BCUT2D eigenvalue weighted by molar-refractivity contribution is -0.138. The molecule has 1 rings (SSSR count). The minimum Gasteiger partial charge on any atom is -0.463 e. The van der Waals surface area contributed by atoms with Crippen LogP contribution in [0.2, 0.25) is 18.1 Å². The van der Waals surface area contributed by atoms with Gasteiger partial charge >= 0.3 is 5.97 Å². The summed E-state index contributed by atoms with van der Waals surface area (Å²) in [5.74, 6) is 0.275. The summed E-state index contributed by atoms with van der Waals surface area (Å²) in [6.45, 7) is 22.0. The van der Waals surface area contributed by atoms with E-state index in [9.17, 15) is 4.79 Å². The number of hydrogen-bond acceptors (Lipinski definition) is 3. The van der Waals surface area contributed by atoms with E-state index in [1.54, 1.807) is 0 Å². The number of benzene rings is 1. The predicted molar refractivity (Wildman–Crippen MR) is 139 cm³/mol. The summed E-state index contributed by atoms with van der Waals surface area (Å²) in [5.41, 5.74) is 3.27. The van der Waals surface area contributed by atoms with Gasteiger partial charge in [-0.25, -0.2) is 4.79 Å². The molecule has 0 radical (unpaired) electrons. The van der Waals surface area contributed by atoms with Gasteiger partial charge in [-0.05, 0) is 68.8 Å². The number of esters is 1. The number of allylic oxidation sites excluding steroid dienone is 1. The maximum absolute atomic E-state index is 12.2. The van der Waals surface area contributed by atoms with Crippen LogP contribution in [0.1, 0.15) is 67.4 Å². The first-order valence-corrected chi connectivity index (χ1v) is 14.9. The van der Waals surface area contributed by atoms with E-state index < -0.39 is 8.32 Å². The molecule has 3 nitrogen and oxygen atoms in total. The van der Waals surface area contributed by atoms with Gasteiger partial charge in [0.25, 0.3) is 0 Å². The van der Waals surface area contributed by atoms with Crippen molar-refractivity contribution < 1.29 is 14.0 Å². The van der Waals surface area contributed by atoms with Gasteiger partial charge in [-0.1, -0.05) is 77.1 Å². The van der Waals surface area contributed by atoms with Crippen molar-refractivity contribution in [3.8, 4) is 0 Å². The summed E-state index contributed by atoms with van der Waals surface area (Å²) in [6.07, 6.45) is 6.49. The third kappa shape index (κ3) is 9.07. The molecule has 0 aromatic heterocycles. The summed E-state index contributed by atoms with van der Waals surface area (Å²) in [5, 5.41) is 0.115. The molecule has 0 aliphatic rings. The number of hydrogen-bond donors (Lipinski definition) is 0. The maximum atomic E-state index is 12.2. The molecule has 1 aromatic rings. The predicted octanol–water partition coefficient (Wildman–Crippen LogP) is 7.74. The van der Waals surface area contributed by atoms with Crippen molar-refractivity contribution in [3.63, 3.8) is 0 Å². The zero-order valence-corrected chi connectivity index (χ0v) is 23.1. The summed E-state index contributed by atoms with van der Waals surface area (Å²) in [7, 11) is -2.00. The Morgan fingerprint density at radius 2 is 1.66 bits per heavy atom. The van der Waals surface area contributed by atoms with Gasteiger partial charge in [0.1, 0.15) is 0 Å². The van der Waals surface area contributed by atoms with Crippen molar-refractivity contribution in [1.82, 2.24) is 0 Å². The first-order chi connectivity index (χ1) is 14.8. The van der Waals surface area contributed by atoms with Crippen LogP contribution < -0.4 is 0 Å². The van der Waals surface area contributed by atoms with Crippen LogP contribution >= 0.6 is 0 Å². The van der Waals surface area contributed by atoms with Crippen LogP contribution in [0.3, 0.4) is 0 Å². The second-order valence-corrected chi connectivity index (χ2v) is 15.4.